The fraction of sp³-hybridized carbons (Fsp3) is 0.583. The molecule has 0 radical (unpaired) electrons. The Morgan fingerprint density at radius 1 is 1.28 bits per heavy atom. The van der Waals surface area contributed by atoms with Crippen LogP contribution in [0.2, 0.25) is 0 Å². The molecule has 1 saturated heterocycles. The number of hydrogen-bond donors (Lipinski definition) is 3. The van der Waals surface area contributed by atoms with Gasteiger partial charge in [-0.2, -0.15) is 20.1 Å². The number of amides is 1. The highest BCUT2D eigenvalue weighted by molar-refractivity contribution is 5.91. The zero-order chi connectivity index (χ0) is 25.9. The standard InChI is InChI=1S/C24H34N8O4/c1-14(13-35-5)36-23-28-20(21(33)26-15(2)24(3,4)34)27-22(29-23)32-11-8-16(9-12-32)18-17-7-6-10-25-19(17)31-30-18/h6-7,10,14-16,34H,8-9,11-13H2,1-5H3,(H,26,33)(H,25,30,31). The second-order valence-corrected chi connectivity index (χ2v) is 9.75. The summed E-state index contributed by atoms with van der Waals surface area (Å²) in [5.41, 5.74) is 0.702. The van der Waals surface area contributed by atoms with Crippen molar-refractivity contribution in [2.45, 2.75) is 64.2 Å². The second-order valence-electron chi connectivity index (χ2n) is 9.75. The average molecular weight is 499 g/mol. The number of carbonyl (C=O) groups excluding carboxylic acids is 1. The Bertz CT molecular complexity index is 1190. The van der Waals surface area contributed by atoms with Gasteiger partial charge in [0.15, 0.2) is 5.65 Å². The van der Waals surface area contributed by atoms with Crippen LogP contribution < -0.4 is 15.0 Å². The number of piperidine rings is 1. The molecule has 1 aliphatic heterocycles. The van der Waals surface area contributed by atoms with Gasteiger partial charge >= 0.3 is 6.01 Å². The Morgan fingerprint density at radius 3 is 2.72 bits per heavy atom. The molecule has 36 heavy (non-hydrogen) atoms. The molecular weight excluding hydrogens is 464 g/mol. The van der Waals surface area contributed by atoms with E-state index in [0.29, 0.717) is 31.6 Å². The van der Waals surface area contributed by atoms with Gasteiger partial charge in [-0.1, -0.05) is 0 Å². The zero-order valence-electron chi connectivity index (χ0n) is 21.4. The van der Waals surface area contributed by atoms with E-state index >= 15 is 0 Å². The highest BCUT2D eigenvalue weighted by atomic mass is 16.5. The number of aromatic nitrogens is 6. The number of aromatic amines is 1. The minimum Gasteiger partial charge on any atom is -0.458 e. The first-order valence-corrected chi connectivity index (χ1v) is 12.1. The van der Waals surface area contributed by atoms with Crippen molar-refractivity contribution in [3.8, 4) is 6.01 Å². The highest BCUT2D eigenvalue weighted by Gasteiger charge is 2.29. The maximum atomic E-state index is 12.9. The predicted octanol–water partition coefficient (Wildman–Crippen LogP) is 1.83. The molecule has 1 aliphatic rings. The van der Waals surface area contributed by atoms with E-state index in [-0.39, 0.29) is 17.9 Å². The first kappa shape index (κ1) is 25.7. The predicted molar refractivity (Wildman–Crippen MR) is 133 cm³/mol. The molecule has 0 bridgehead atoms. The van der Waals surface area contributed by atoms with E-state index < -0.39 is 17.6 Å². The topological polar surface area (TPSA) is 151 Å². The Morgan fingerprint density at radius 2 is 2.03 bits per heavy atom. The third kappa shape index (κ3) is 5.88. The quantitative estimate of drug-likeness (QED) is 0.398. The highest BCUT2D eigenvalue weighted by Crippen LogP contribution is 2.32. The van der Waals surface area contributed by atoms with Gasteiger partial charge in [-0.15, -0.1) is 0 Å². The molecule has 12 nitrogen and oxygen atoms in total. The van der Waals surface area contributed by atoms with Crippen molar-refractivity contribution in [1.29, 1.82) is 0 Å². The van der Waals surface area contributed by atoms with Crippen LogP contribution in [-0.4, -0.2) is 85.7 Å². The summed E-state index contributed by atoms with van der Waals surface area (Å²) in [4.78, 5) is 32.5. The fourth-order valence-corrected chi connectivity index (χ4v) is 4.08. The van der Waals surface area contributed by atoms with Crippen LogP contribution in [0.3, 0.4) is 0 Å². The number of rotatable bonds is 9. The van der Waals surface area contributed by atoms with Crippen LogP contribution in [0, 0.1) is 0 Å². The van der Waals surface area contributed by atoms with Crippen LogP contribution >= 0.6 is 0 Å². The first-order chi connectivity index (χ1) is 17.2. The summed E-state index contributed by atoms with van der Waals surface area (Å²) < 4.78 is 11.0. The van der Waals surface area contributed by atoms with E-state index in [9.17, 15) is 9.90 Å². The number of hydrogen-bond acceptors (Lipinski definition) is 10. The van der Waals surface area contributed by atoms with Gasteiger partial charge in [0.25, 0.3) is 5.91 Å². The number of nitrogens with one attached hydrogen (secondary N) is 2. The normalized spacial score (nSPS) is 16.7. The lowest BCUT2D eigenvalue weighted by molar-refractivity contribution is 0.0405. The molecule has 0 saturated carbocycles. The summed E-state index contributed by atoms with van der Waals surface area (Å²) in [5, 5.41) is 21.5. The second kappa shape index (κ2) is 10.7. The summed E-state index contributed by atoms with van der Waals surface area (Å²) >= 11 is 0. The van der Waals surface area contributed by atoms with Crippen molar-refractivity contribution in [3.05, 3.63) is 29.8 Å². The number of carbonyl (C=O) groups is 1. The molecule has 3 aromatic heterocycles. The van der Waals surface area contributed by atoms with Gasteiger partial charge in [0.1, 0.15) is 6.10 Å². The number of methoxy groups -OCH3 is 1. The average Bonchev–Trinajstić information content (AvgIpc) is 3.27. The van der Waals surface area contributed by atoms with E-state index in [1.165, 1.54) is 0 Å². The molecule has 1 amide bonds. The molecule has 3 aromatic rings. The lowest BCUT2D eigenvalue weighted by atomic mass is 9.92. The van der Waals surface area contributed by atoms with Crippen LogP contribution in [-0.2, 0) is 4.74 Å². The Hall–Kier alpha value is -3.38. The van der Waals surface area contributed by atoms with E-state index in [1.54, 1.807) is 34.1 Å². The SMILES string of the molecule is COCC(C)Oc1nc(C(=O)NC(C)C(C)(C)O)nc(N2CCC(c3[nH]nc4ncccc34)CC2)n1. The van der Waals surface area contributed by atoms with Gasteiger partial charge in [-0.05, 0) is 52.7 Å². The van der Waals surface area contributed by atoms with Crippen molar-refractivity contribution in [1.82, 2.24) is 35.5 Å². The van der Waals surface area contributed by atoms with Gasteiger partial charge < -0.3 is 24.8 Å². The molecule has 1 fully saturated rings. The maximum absolute atomic E-state index is 12.9. The summed E-state index contributed by atoms with van der Waals surface area (Å²) in [5.74, 6) is 0.0951. The molecule has 12 heteroatoms. The lowest BCUT2D eigenvalue weighted by Gasteiger charge is -2.32. The summed E-state index contributed by atoms with van der Waals surface area (Å²) in [6.45, 7) is 8.52. The van der Waals surface area contributed by atoms with E-state index in [0.717, 1.165) is 29.6 Å². The van der Waals surface area contributed by atoms with E-state index in [2.05, 4.69) is 35.5 Å². The van der Waals surface area contributed by atoms with Gasteiger partial charge in [0.2, 0.25) is 11.8 Å². The molecular formula is C24H34N8O4. The van der Waals surface area contributed by atoms with Crippen molar-refractivity contribution < 1.29 is 19.4 Å². The number of fused-ring (bicyclic) bond motifs is 1. The number of H-pyrrole nitrogens is 1. The molecule has 2 unspecified atom stereocenters. The number of pyridine rings is 1. The van der Waals surface area contributed by atoms with Crippen LogP contribution in [0.1, 0.15) is 62.8 Å². The van der Waals surface area contributed by atoms with Crippen molar-refractivity contribution in [2.75, 3.05) is 31.7 Å². The van der Waals surface area contributed by atoms with Crippen LogP contribution in [0.15, 0.2) is 18.3 Å². The van der Waals surface area contributed by atoms with Crippen molar-refractivity contribution >= 4 is 22.9 Å². The number of aliphatic hydroxyl groups is 1. The Kier molecular flexibility index (Phi) is 7.65. The third-order valence-electron chi connectivity index (χ3n) is 6.47. The summed E-state index contributed by atoms with van der Waals surface area (Å²) in [6, 6.07) is 3.48. The minimum absolute atomic E-state index is 0.0540. The van der Waals surface area contributed by atoms with Crippen LogP contribution in [0.5, 0.6) is 6.01 Å². The Balaban J connectivity index is 1.53. The van der Waals surface area contributed by atoms with E-state index in [4.69, 9.17) is 9.47 Å². The summed E-state index contributed by atoms with van der Waals surface area (Å²) in [6.07, 6.45) is 3.13. The number of ether oxygens (including phenoxy) is 2. The van der Waals surface area contributed by atoms with E-state index in [1.807, 2.05) is 24.0 Å². The smallest absolute Gasteiger partial charge is 0.322 e. The van der Waals surface area contributed by atoms with Crippen LogP contribution in [0.4, 0.5) is 5.95 Å². The molecule has 0 spiro atoms. The van der Waals surface area contributed by atoms with Gasteiger partial charge in [0, 0.05) is 43.4 Å². The summed E-state index contributed by atoms with van der Waals surface area (Å²) in [7, 11) is 1.58. The molecule has 4 rings (SSSR count). The monoisotopic (exact) mass is 498 g/mol. The molecule has 4 heterocycles. The zero-order valence-corrected chi connectivity index (χ0v) is 21.4. The van der Waals surface area contributed by atoms with Gasteiger partial charge in [0.05, 0.1) is 18.2 Å². The van der Waals surface area contributed by atoms with Gasteiger partial charge in [-0.25, -0.2) is 4.98 Å². The maximum Gasteiger partial charge on any atom is 0.322 e. The minimum atomic E-state index is -1.11. The molecule has 194 valence electrons. The van der Waals surface area contributed by atoms with Gasteiger partial charge in [-0.3, -0.25) is 9.89 Å². The van der Waals surface area contributed by atoms with Crippen molar-refractivity contribution in [3.63, 3.8) is 0 Å². The van der Waals surface area contributed by atoms with Crippen molar-refractivity contribution in [2.24, 2.45) is 0 Å². The lowest BCUT2D eigenvalue weighted by Crippen LogP contribution is -2.47. The Labute approximate surface area is 209 Å². The number of nitrogens with zero attached hydrogens (tertiary/aromatic N) is 6. The molecule has 3 N–H and O–H groups in total. The first-order valence-electron chi connectivity index (χ1n) is 12.1. The third-order valence-corrected chi connectivity index (χ3v) is 6.47. The fourth-order valence-electron chi connectivity index (χ4n) is 4.08. The largest absolute Gasteiger partial charge is 0.458 e. The van der Waals surface area contributed by atoms with Crippen LogP contribution in [0.25, 0.3) is 11.0 Å². The number of anilines is 1. The molecule has 0 aliphatic carbocycles. The molecule has 0 aromatic carbocycles. The molecule has 2 atom stereocenters.